The normalized spacial score (nSPS) is 10.0. The lowest BCUT2D eigenvalue weighted by atomic mass is 10.2. The molecule has 1 aromatic carbocycles. The molecule has 0 heterocycles. The monoisotopic (exact) mass is 330 g/mol. The lowest BCUT2D eigenvalue weighted by molar-refractivity contribution is -0.126. The molecule has 98 valence electrons. The molecule has 1 rings (SSSR count). The van der Waals surface area contributed by atoms with Gasteiger partial charge in [-0.05, 0) is 37.1 Å². The summed E-state index contributed by atoms with van der Waals surface area (Å²) in [5.74, 6) is -0.249. The van der Waals surface area contributed by atoms with Gasteiger partial charge in [-0.1, -0.05) is 15.9 Å². The van der Waals surface area contributed by atoms with Crippen molar-refractivity contribution in [1.29, 1.82) is 0 Å². The summed E-state index contributed by atoms with van der Waals surface area (Å²) in [7, 11) is 0. The third-order valence-electron chi connectivity index (χ3n) is 2.19. The van der Waals surface area contributed by atoms with Crippen LogP contribution in [0.3, 0.4) is 0 Å². The molecule has 0 atom stereocenters. The summed E-state index contributed by atoms with van der Waals surface area (Å²) < 4.78 is 1.06. The lowest BCUT2D eigenvalue weighted by Crippen LogP contribution is -2.41. The SMILES string of the molecule is CC(=O)NNC(=O)CSc1cc(C)c(Br)cc1C. The molecule has 18 heavy (non-hydrogen) atoms. The van der Waals surface area contributed by atoms with Crippen LogP contribution >= 0.6 is 27.7 Å². The molecular weight excluding hydrogens is 316 g/mol. The van der Waals surface area contributed by atoms with Crippen LogP contribution in [0.4, 0.5) is 0 Å². The van der Waals surface area contributed by atoms with Crippen LogP contribution in [0.5, 0.6) is 0 Å². The van der Waals surface area contributed by atoms with E-state index in [0.29, 0.717) is 0 Å². The number of nitrogens with one attached hydrogen (secondary N) is 2. The van der Waals surface area contributed by atoms with E-state index >= 15 is 0 Å². The smallest absolute Gasteiger partial charge is 0.248 e. The molecule has 0 radical (unpaired) electrons. The zero-order chi connectivity index (χ0) is 13.7. The van der Waals surface area contributed by atoms with Crippen LogP contribution < -0.4 is 10.9 Å². The third kappa shape index (κ3) is 4.70. The first-order valence-corrected chi connectivity index (χ1v) is 7.13. The third-order valence-corrected chi connectivity index (χ3v) is 4.20. The fourth-order valence-electron chi connectivity index (χ4n) is 1.25. The Morgan fingerprint density at radius 2 is 1.89 bits per heavy atom. The van der Waals surface area contributed by atoms with E-state index < -0.39 is 0 Å². The number of halogens is 1. The minimum Gasteiger partial charge on any atom is -0.274 e. The first-order valence-electron chi connectivity index (χ1n) is 5.35. The van der Waals surface area contributed by atoms with Crippen LogP contribution in [-0.4, -0.2) is 17.6 Å². The van der Waals surface area contributed by atoms with E-state index in [9.17, 15) is 9.59 Å². The summed E-state index contributed by atoms with van der Waals surface area (Å²) in [4.78, 5) is 23.1. The van der Waals surface area contributed by atoms with Gasteiger partial charge < -0.3 is 0 Å². The molecule has 1 aromatic rings. The van der Waals surface area contributed by atoms with Crippen LogP contribution in [0.15, 0.2) is 21.5 Å². The van der Waals surface area contributed by atoms with Crippen molar-refractivity contribution in [3.05, 3.63) is 27.7 Å². The Balaban J connectivity index is 2.56. The summed E-state index contributed by atoms with van der Waals surface area (Å²) in [5, 5.41) is 0. The highest BCUT2D eigenvalue weighted by Crippen LogP contribution is 2.28. The second-order valence-corrected chi connectivity index (χ2v) is 5.76. The number of hydrazine groups is 1. The van der Waals surface area contributed by atoms with Crippen LogP contribution in [0.1, 0.15) is 18.1 Å². The van der Waals surface area contributed by atoms with E-state index in [-0.39, 0.29) is 17.6 Å². The number of carbonyl (C=O) groups excluding carboxylic acids is 2. The number of benzene rings is 1. The zero-order valence-electron chi connectivity index (χ0n) is 10.5. The highest BCUT2D eigenvalue weighted by molar-refractivity contribution is 9.10. The Morgan fingerprint density at radius 1 is 1.22 bits per heavy atom. The Kier molecular flexibility index (Phi) is 5.68. The van der Waals surface area contributed by atoms with Gasteiger partial charge in [-0.25, -0.2) is 0 Å². The number of hydrogen-bond acceptors (Lipinski definition) is 3. The molecule has 0 bridgehead atoms. The first kappa shape index (κ1) is 15.0. The highest BCUT2D eigenvalue weighted by Gasteiger charge is 2.07. The van der Waals surface area contributed by atoms with Gasteiger partial charge in [0.25, 0.3) is 0 Å². The summed E-state index contributed by atoms with van der Waals surface area (Å²) in [6.45, 7) is 5.35. The van der Waals surface area contributed by atoms with Crippen molar-refractivity contribution in [3.8, 4) is 0 Å². The van der Waals surface area contributed by atoms with E-state index in [1.807, 2.05) is 26.0 Å². The molecule has 2 amide bonds. The van der Waals surface area contributed by atoms with E-state index in [4.69, 9.17) is 0 Å². The summed E-state index contributed by atoms with van der Waals surface area (Å²) in [6.07, 6.45) is 0. The molecule has 0 aliphatic heterocycles. The largest absolute Gasteiger partial charge is 0.274 e. The quantitative estimate of drug-likeness (QED) is 0.660. The zero-order valence-corrected chi connectivity index (χ0v) is 12.9. The van der Waals surface area contributed by atoms with Crippen LogP contribution in [0.25, 0.3) is 0 Å². The minimum absolute atomic E-state index is 0.227. The molecule has 4 nitrogen and oxygen atoms in total. The van der Waals surface area contributed by atoms with Crippen molar-refractivity contribution in [2.75, 3.05) is 5.75 Å². The van der Waals surface area contributed by atoms with Gasteiger partial charge in [-0.2, -0.15) is 0 Å². The van der Waals surface area contributed by atoms with Crippen molar-refractivity contribution < 1.29 is 9.59 Å². The van der Waals surface area contributed by atoms with Gasteiger partial charge in [0, 0.05) is 16.3 Å². The van der Waals surface area contributed by atoms with Gasteiger partial charge in [0.2, 0.25) is 11.8 Å². The molecular formula is C12H15BrN2O2S. The molecule has 0 fully saturated rings. The van der Waals surface area contributed by atoms with E-state index in [1.54, 1.807) is 0 Å². The summed E-state index contributed by atoms with van der Waals surface area (Å²) in [5.41, 5.74) is 6.83. The number of hydrogen-bond donors (Lipinski definition) is 2. The van der Waals surface area contributed by atoms with E-state index in [0.717, 1.165) is 20.5 Å². The Labute approximate surface area is 119 Å². The molecule has 0 saturated carbocycles. The predicted octanol–water partition coefficient (Wildman–Crippen LogP) is 2.33. The average Bonchev–Trinajstić information content (AvgIpc) is 2.29. The molecule has 6 heteroatoms. The standard InChI is InChI=1S/C12H15BrN2O2S/c1-7-5-11(8(2)4-10(7)13)18-6-12(17)15-14-9(3)16/h4-5H,6H2,1-3H3,(H,14,16)(H,15,17). The predicted molar refractivity (Wildman–Crippen MR) is 76.3 cm³/mol. The maximum atomic E-state index is 11.4. The maximum Gasteiger partial charge on any atom is 0.248 e. The van der Waals surface area contributed by atoms with Crippen molar-refractivity contribution >= 4 is 39.5 Å². The topological polar surface area (TPSA) is 58.2 Å². The number of carbonyl (C=O) groups is 2. The molecule has 0 saturated heterocycles. The molecule has 0 aliphatic rings. The van der Waals surface area contributed by atoms with E-state index in [2.05, 4.69) is 26.8 Å². The Bertz CT molecular complexity index is 477. The number of amides is 2. The lowest BCUT2D eigenvalue weighted by Gasteiger charge is -2.09. The second kappa shape index (κ2) is 6.80. The molecule has 0 spiro atoms. The molecule has 0 aromatic heterocycles. The fraction of sp³-hybridized carbons (Fsp3) is 0.333. The molecule has 0 unspecified atom stereocenters. The van der Waals surface area contributed by atoms with Crippen molar-refractivity contribution in [3.63, 3.8) is 0 Å². The van der Waals surface area contributed by atoms with Gasteiger partial charge >= 0.3 is 0 Å². The van der Waals surface area contributed by atoms with Gasteiger partial charge in [0.05, 0.1) is 5.75 Å². The van der Waals surface area contributed by atoms with Crippen LogP contribution in [0.2, 0.25) is 0 Å². The average molecular weight is 331 g/mol. The number of thioether (sulfide) groups is 1. The van der Waals surface area contributed by atoms with Crippen LogP contribution in [-0.2, 0) is 9.59 Å². The number of aryl methyl sites for hydroxylation is 2. The number of rotatable bonds is 3. The van der Waals surface area contributed by atoms with Gasteiger partial charge in [0.1, 0.15) is 0 Å². The molecule has 2 N–H and O–H groups in total. The van der Waals surface area contributed by atoms with Crippen LogP contribution in [0, 0.1) is 13.8 Å². The summed E-state index contributed by atoms with van der Waals surface area (Å²) >= 11 is 4.91. The van der Waals surface area contributed by atoms with Crippen molar-refractivity contribution in [2.24, 2.45) is 0 Å². The molecule has 0 aliphatic carbocycles. The Hall–Kier alpha value is -1.01. The van der Waals surface area contributed by atoms with Crippen molar-refractivity contribution in [2.45, 2.75) is 25.7 Å². The highest BCUT2D eigenvalue weighted by atomic mass is 79.9. The first-order chi connectivity index (χ1) is 8.40. The summed E-state index contributed by atoms with van der Waals surface area (Å²) in [6, 6.07) is 4.07. The fourth-order valence-corrected chi connectivity index (χ4v) is 2.61. The van der Waals surface area contributed by atoms with Gasteiger partial charge in [-0.15, -0.1) is 11.8 Å². The van der Waals surface area contributed by atoms with Gasteiger partial charge in [0.15, 0.2) is 0 Å². The second-order valence-electron chi connectivity index (χ2n) is 3.88. The van der Waals surface area contributed by atoms with Crippen molar-refractivity contribution in [1.82, 2.24) is 10.9 Å². The maximum absolute atomic E-state index is 11.4. The minimum atomic E-state index is -0.288. The van der Waals surface area contributed by atoms with E-state index in [1.165, 1.54) is 18.7 Å². The Morgan fingerprint density at radius 3 is 2.50 bits per heavy atom. The van der Waals surface area contributed by atoms with Gasteiger partial charge in [-0.3, -0.25) is 20.4 Å².